The number of nitrogens with zero attached hydrogens (tertiary/aromatic N) is 2. The van der Waals surface area contributed by atoms with Crippen LogP contribution in [-0.2, 0) is 10.2 Å². The molecule has 1 fully saturated rings. The molecule has 0 spiro atoms. The van der Waals surface area contributed by atoms with Gasteiger partial charge in [-0.2, -0.15) is 5.10 Å². The van der Waals surface area contributed by atoms with E-state index in [0.717, 1.165) is 11.1 Å². The van der Waals surface area contributed by atoms with Crippen LogP contribution < -0.4 is 10.2 Å². The molecule has 4 aromatic rings. The molecule has 1 amide bonds. The number of nitrogens with one attached hydrogen (secondary N) is 1. The molecule has 8 heteroatoms. The van der Waals surface area contributed by atoms with Gasteiger partial charge >= 0.3 is 5.97 Å². The van der Waals surface area contributed by atoms with E-state index >= 15 is 0 Å². The quantitative estimate of drug-likeness (QED) is 0.115. The molecule has 0 heterocycles. The first-order valence-corrected chi connectivity index (χ1v) is 12.0. The lowest BCUT2D eigenvalue weighted by Crippen LogP contribution is -2.25. The van der Waals surface area contributed by atoms with Crippen molar-refractivity contribution in [1.82, 2.24) is 5.43 Å². The summed E-state index contributed by atoms with van der Waals surface area (Å²) in [7, 11) is 0. The summed E-state index contributed by atoms with van der Waals surface area (Å²) >= 11 is 0. The second-order valence-electron chi connectivity index (χ2n) is 8.96. The number of non-ortho nitro benzene ring substituents is 1. The molecule has 1 N–H and O–H groups in total. The van der Waals surface area contributed by atoms with Crippen LogP contribution in [-0.4, -0.2) is 23.0 Å². The van der Waals surface area contributed by atoms with Crippen LogP contribution >= 0.6 is 0 Å². The smallest absolute Gasteiger partial charge is 0.343 e. The van der Waals surface area contributed by atoms with Gasteiger partial charge in [0.1, 0.15) is 5.75 Å². The number of carbonyl (C=O) groups is 2. The van der Waals surface area contributed by atoms with Gasteiger partial charge in [-0.1, -0.05) is 60.7 Å². The van der Waals surface area contributed by atoms with Crippen molar-refractivity contribution in [3.05, 3.63) is 142 Å². The molecule has 1 aliphatic rings. The maximum Gasteiger partial charge on any atom is 0.343 e. The minimum atomic E-state index is -0.627. The number of carbonyl (C=O) groups excluding carboxylic acids is 2. The molecule has 0 radical (unpaired) electrons. The first-order chi connectivity index (χ1) is 18.5. The lowest BCUT2D eigenvalue weighted by molar-refractivity contribution is -0.384. The van der Waals surface area contributed by atoms with Crippen LogP contribution in [0, 0.1) is 16.0 Å². The topological polar surface area (TPSA) is 111 Å². The van der Waals surface area contributed by atoms with Crippen LogP contribution in [0.1, 0.15) is 33.5 Å². The van der Waals surface area contributed by atoms with Gasteiger partial charge in [0.2, 0.25) is 5.91 Å². The van der Waals surface area contributed by atoms with Crippen molar-refractivity contribution in [2.75, 3.05) is 0 Å². The summed E-state index contributed by atoms with van der Waals surface area (Å²) in [6.45, 7) is 0. The van der Waals surface area contributed by atoms with Crippen LogP contribution in [0.5, 0.6) is 5.75 Å². The maximum atomic E-state index is 13.0. The summed E-state index contributed by atoms with van der Waals surface area (Å²) in [6.07, 6.45) is 2.23. The van der Waals surface area contributed by atoms with Gasteiger partial charge in [0.15, 0.2) is 0 Å². The fourth-order valence-corrected chi connectivity index (χ4v) is 4.61. The first kappa shape index (κ1) is 24.6. The third-order valence-electron chi connectivity index (χ3n) is 6.65. The third kappa shape index (κ3) is 5.05. The number of esters is 1. The predicted molar refractivity (Wildman–Crippen MR) is 142 cm³/mol. The number of amides is 1. The molecule has 1 atom stereocenters. The normalized spacial score (nSPS) is 15.5. The highest BCUT2D eigenvalue weighted by molar-refractivity contribution is 5.91. The highest BCUT2D eigenvalue weighted by Crippen LogP contribution is 2.58. The molecule has 0 bridgehead atoms. The number of hydrogen-bond donors (Lipinski definition) is 1. The van der Waals surface area contributed by atoms with Gasteiger partial charge < -0.3 is 4.74 Å². The van der Waals surface area contributed by atoms with Crippen LogP contribution in [0.25, 0.3) is 0 Å². The molecule has 5 rings (SSSR count). The Bertz CT molecular complexity index is 1450. The summed E-state index contributed by atoms with van der Waals surface area (Å²) in [5.74, 6) is -0.699. The first-order valence-electron chi connectivity index (χ1n) is 12.0. The third-order valence-corrected chi connectivity index (χ3v) is 6.65. The summed E-state index contributed by atoms with van der Waals surface area (Å²) in [4.78, 5) is 35.5. The Kier molecular flexibility index (Phi) is 6.78. The van der Waals surface area contributed by atoms with E-state index in [4.69, 9.17) is 4.74 Å². The fourth-order valence-electron chi connectivity index (χ4n) is 4.61. The van der Waals surface area contributed by atoms with E-state index in [-0.39, 0.29) is 28.5 Å². The van der Waals surface area contributed by atoms with Crippen molar-refractivity contribution in [3.63, 3.8) is 0 Å². The number of rotatable bonds is 8. The Hall–Kier alpha value is -5.11. The van der Waals surface area contributed by atoms with E-state index in [9.17, 15) is 19.7 Å². The number of hydrazone groups is 1. The van der Waals surface area contributed by atoms with Crippen LogP contribution in [0.4, 0.5) is 5.69 Å². The van der Waals surface area contributed by atoms with E-state index in [2.05, 4.69) is 34.8 Å². The highest BCUT2D eigenvalue weighted by atomic mass is 16.6. The van der Waals surface area contributed by atoms with Crippen molar-refractivity contribution < 1.29 is 19.2 Å². The molecule has 38 heavy (non-hydrogen) atoms. The van der Waals surface area contributed by atoms with E-state index < -0.39 is 10.9 Å². The summed E-state index contributed by atoms with van der Waals surface area (Å²) in [5, 5.41) is 14.9. The standard InChI is InChI=1S/C30H23N3O5/c34-28(27-19-30(27,23-7-3-1-4-8-23)24-9-5-2-6-10-24)32-31-20-21-11-17-26(18-12-21)38-29(35)22-13-15-25(16-14-22)33(36)37/h1-18,20,27H,19H2,(H,32,34). The second kappa shape index (κ2) is 10.5. The monoisotopic (exact) mass is 505 g/mol. The Morgan fingerprint density at radius 2 is 1.45 bits per heavy atom. The minimum Gasteiger partial charge on any atom is -0.423 e. The lowest BCUT2D eigenvalue weighted by Gasteiger charge is -2.18. The van der Waals surface area contributed by atoms with E-state index in [1.54, 1.807) is 24.3 Å². The summed E-state index contributed by atoms with van der Waals surface area (Å²) in [6, 6.07) is 31.9. The van der Waals surface area contributed by atoms with Gasteiger partial charge in [-0.15, -0.1) is 0 Å². The molecule has 1 unspecified atom stereocenters. The van der Waals surface area contributed by atoms with Crippen molar-refractivity contribution in [2.24, 2.45) is 11.0 Å². The molecule has 1 aliphatic carbocycles. The van der Waals surface area contributed by atoms with Crippen molar-refractivity contribution in [3.8, 4) is 5.75 Å². The molecule has 188 valence electrons. The summed E-state index contributed by atoms with van der Waals surface area (Å²) < 4.78 is 5.32. The molecule has 0 aromatic heterocycles. The van der Waals surface area contributed by atoms with Gasteiger partial charge in [-0.25, -0.2) is 10.2 Å². The molecular formula is C30H23N3O5. The van der Waals surface area contributed by atoms with Gasteiger partial charge in [0.25, 0.3) is 5.69 Å². The average molecular weight is 506 g/mol. The van der Waals surface area contributed by atoms with Gasteiger partial charge in [0.05, 0.1) is 22.6 Å². The Balaban J connectivity index is 1.20. The Morgan fingerprint density at radius 1 is 0.868 bits per heavy atom. The number of hydrogen-bond acceptors (Lipinski definition) is 6. The minimum absolute atomic E-state index is 0.107. The molecule has 8 nitrogen and oxygen atoms in total. The lowest BCUT2D eigenvalue weighted by atomic mass is 9.85. The van der Waals surface area contributed by atoms with Crippen molar-refractivity contribution >= 4 is 23.8 Å². The fraction of sp³-hybridized carbons (Fsp3) is 0.100. The molecule has 1 saturated carbocycles. The van der Waals surface area contributed by atoms with E-state index in [1.165, 1.54) is 30.5 Å². The number of ether oxygens (including phenoxy) is 1. The van der Waals surface area contributed by atoms with Gasteiger partial charge in [0, 0.05) is 17.5 Å². The second-order valence-corrected chi connectivity index (χ2v) is 8.96. The zero-order chi connectivity index (χ0) is 26.5. The van der Waals surface area contributed by atoms with Crippen LogP contribution in [0.3, 0.4) is 0 Å². The SMILES string of the molecule is O=C(Oc1ccc(C=NNC(=O)C2CC2(c2ccccc2)c2ccccc2)cc1)c1ccc([N+](=O)[O-])cc1. The van der Waals surface area contributed by atoms with Gasteiger partial charge in [-0.05, 0) is 59.5 Å². The Morgan fingerprint density at radius 3 is 2.00 bits per heavy atom. The number of nitro groups is 1. The van der Waals surface area contributed by atoms with Crippen molar-refractivity contribution in [1.29, 1.82) is 0 Å². The maximum absolute atomic E-state index is 13.0. The zero-order valence-corrected chi connectivity index (χ0v) is 20.2. The van der Waals surface area contributed by atoms with Crippen LogP contribution in [0.15, 0.2) is 114 Å². The largest absolute Gasteiger partial charge is 0.423 e. The van der Waals surface area contributed by atoms with Gasteiger partial charge in [-0.3, -0.25) is 14.9 Å². The molecular weight excluding hydrogens is 482 g/mol. The molecule has 0 aliphatic heterocycles. The number of nitro benzene ring substituents is 1. The Labute approximate surface area is 218 Å². The van der Waals surface area contributed by atoms with E-state index in [1.807, 2.05) is 36.4 Å². The zero-order valence-electron chi connectivity index (χ0n) is 20.2. The van der Waals surface area contributed by atoms with E-state index in [0.29, 0.717) is 17.7 Å². The van der Waals surface area contributed by atoms with Crippen molar-refractivity contribution in [2.45, 2.75) is 11.8 Å². The number of benzene rings is 4. The molecule has 4 aromatic carbocycles. The predicted octanol–water partition coefficient (Wildman–Crippen LogP) is 5.27. The highest BCUT2D eigenvalue weighted by Gasteiger charge is 2.60. The average Bonchev–Trinajstić information content (AvgIpc) is 3.72. The summed E-state index contributed by atoms with van der Waals surface area (Å²) in [5.41, 5.74) is 5.31. The molecule has 0 saturated heterocycles. The van der Waals surface area contributed by atoms with Crippen LogP contribution in [0.2, 0.25) is 0 Å².